The molecule has 0 saturated carbocycles. The van der Waals surface area contributed by atoms with Crippen molar-refractivity contribution in [3.8, 4) is 0 Å². The van der Waals surface area contributed by atoms with Gasteiger partial charge in [0.05, 0.1) is 0 Å². The zero-order valence-electron chi connectivity index (χ0n) is 10.4. The third-order valence-corrected chi connectivity index (χ3v) is 2.49. The van der Waals surface area contributed by atoms with Crippen LogP contribution in [0.25, 0.3) is 0 Å². The number of ketones is 1. The highest BCUT2D eigenvalue weighted by molar-refractivity contribution is 5.96. The molecule has 0 aliphatic rings. The van der Waals surface area contributed by atoms with E-state index >= 15 is 0 Å². The van der Waals surface area contributed by atoms with Gasteiger partial charge in [-0.15, -0.1) is 0 Å². The van der Waals surface area contributed by atoms with E-state index in [0.717, 1.165) is 18.7 Å². The average Bonchev–Trinajstić information content (AvgIpc) is 2.26. The van der Waals surface area contributed by atoms with Gasteiger partial charge in [-0.3, -0.25) is 4.79 Å². The molecule has 1 rings (SSSR count). The molecule has 0 amide bonds. The summed E-state index contributed by atoms with van der Waals surface area (Å²) in [5.41, 5.74) is 0.820. The molecule has 0 aliphatic heterocycles. The molecule has 0 saturated heterocycles. The van der Waals surface area contributed by atoms with Gasteiger partial charge in [-0.2, -0.15) is 0 Å². The van der Waals surface area contributed by atoms with Crippen LogP contribution < -0.4 is 0 Å². The van der Waals surface area contributed by atoms with Crippen LogP contribution in [0.5, 0.6) is 0 Å². The Morgan fingerprint density at radius 2 is 1.88 bits per heavy atom. The fourth-order valence-corrected chi connectivity index (χ4v) is 1.78. The number of hydrogen-bond acceptors (Lipinski definition) is 2. The minimum absolute atomic E-state index is 0.233. The Hall–Kier alpha value is -1.15. The number of nitrogens with zero attached hydrogens (tertiary/aromatic N) is 1. The molecule has 2 nitrogen and oxygen atoms in total. The lowest BCUT2D eigenvalue weighted by molar-refractivity contribution is 0.0967. The number of rotatable bonds is 6. The SMILES string of the molecule is CC(C)CN(C)CCC(=O)c1ccccc1. The van der Waals surface area contributed by atoms with Crippen molar-refractivity contribution in [2.75, 3.05) is 20.1 Å². The maximum absolute atomic E-state index is 11.8. The van der Waals surface area contributed by atoms with E-state index in [1.807, 2.05) is 30.3 Å². The van der Waals surface area contributed by atoms with Crippen LogP contribution >= 0.6 is 0 Å². The maximum Gasteiger partial charge on any atom is 0.164 e. The Labute approximate surface area is 98.3 Å². The quantitative estimate of drug-likeness (QED) is 0.686. The van der Waals surface area contributed by atoms with Gasteiger partial charge in [-0.1, -0.05) is 44.2 Å². The largest absolute Gasteiger partial charge is 0.306 e. The van der Waals surface area contributed by atoms with Crippen molar-refractivity contribution in [1.29, 1.82) is 0 Å². The number of Topliss-reactive ketones (excluding diaryl/α,β-unsaturated/α-hetero) is 1. The van der Waals surface area contributed by atoms with E-state index in [1.165, 1.54) is 0 Å². The summed E-state index contributed by atoms with van der Waals surface area (Å²) in [5, 5.41) is 0. The van der Waals surface area contributed by atoms with Crippen LogP contribution in [-0.4, -0.2) is 30.8 Å². The predicted molar refractivity (Wildman–Crippen MR) is 67.7 cm³/mol. The highest BCUT2D eigenvalue weighted by Crippen LogP contribution is 2.04. The predicted octanol–water partition coefficient (Wildman–Crippen LogP) is 2.85. The van der Waals surface area contributed by atoms with E-state index in [9.17, 15) is 4.79 Å². The fraction of sp³-hybridized carbons (Fsp3) is 0.500. The Morgan fingerprint density at radius 3 is 2.44 bits per heavy atom. The lowest BCUT2D eigenvalue weighted by atomic mass is 10.1. The van der Waals surface area contributed by atoms with Crippen LogP contribution in [0.2, 0.25) is 0 Å². The molecule has 0 heterocycles. The molecule has 88 valence electrons. The molecule has 16 heavy (non-hydrogen) atoms. The van der Waals surface area contributed by atoms with Gasteiger partial charge in [0.15, 0.2) is 5.78 Å². The summed E-state index contributed by atoms with van der Waals surface area (Å²) in [4.78, 5) is 14.0. The van der Waals surface area contributed by atoms with Crippen molar-refractivity contribution >= 4 is 5.78 Å². The Bertz CT molecular complexity index is 319. The molecule has 1 aromatic carbocycles. The first kappa shape index (κ1) is 12.9. The Kier molecular flexibility index (Phi) is 5.20. The van der Waals surface area contributed by atoms with E-state index in [-0.39, 0.29) is 5.78 Å². The van der Waals surface area contributed by atoms with E-state index in [1.54, 1.807) is 0 Å². The topological polar surface area (TPSA) is 20.3 Å². The van der Waals surface area contributed by atoms with Crippen molar-refractivity contribution in [3.63, 3.8) is 0 Å². The second-order valence-electron chi connectivity index (χ2n) is 4.70. The Morgan fingerprint density at radius 1 is 1.25 bits per heavy atom. The first-order valence-electron chi connectivity index (χ1n) is 5.86. The standard InChI is InChI=1S/C14H21NO/c1-12(2)11-15(3)10-9-14(16)13-7-5-4-6-8-13/h4-8,12H,9-11H2,1-3H3. The van der Waals surface area contributed by atoms with Crippen molar-refractivity contribution in [3.05, 3.63) is 35.9 Å². The second kappa shape index (κ2) is 6.44. The third-order valence-electron chi connectivity index (χ3n) is 2.49. The number of carbonyl (C=O) groups is 1. The first-order chi connectivity index (χ1) is 7.59. The lowest BCUT2D eigenvalue weighted by Crippen LogP contribution is -2.25. The van der Waals surface area contributed by atoms with E-state index in [0.29, 0.717) is 12.3 Å². The summed E-state index contributed by atoms with van der Waals surface area (Å²) in [6.45, 7) is 6.26. The summed E-state index contributed by atoms with van der Waals surface area (Å²) in [6, 6.07) is 9.51. The summed E-state index contributed by atoms with van der Waals surface area (Å²) in [6.07, 6.45) is 0.604. The molecule has 0 N–H and O–H groups in total. The lowest BCUT2D eigenvalue weighted by Gasteiger charge is -2.18. The van der Waals surface area contributed by atoms with Crippen LogP contribution in [0.15, 0.2) is 30.3 Å². The van der Waals surface area contributed by atoms with Gasteiger partial charge in [-0.25, -0.2) is 0 Å². The number of carbonyl (C=O) groups excluding carboxylic acids is 1. The second-order valence-corrected chi connectivity index (χ2v) is 4.70. The van der Waals surface area contributed by atoms with E-state index in [4.69, 9.17) is 0 Å². The summed E-state index contributed by atoms with van der Waals surface area (Å²) in [7, 11) is 2.07. The molecule has 0 radical (unpaired) electrons. The minimum atomic E-state index is 0.233. The average molecular weight is 219 g/mol. The molecule has 0 bridgehead atoms. The maximum atomic E-state index is 11.8. The van der Waals surface area contributed by atoms with Crippen LogP contribution in [0.3, 0.4) is 0 Å². The van der Waals surface area contributed by atoms with Crippen molar-refractivity contribution in [2.24, 2.45) is 5.92 Å². The van der Waals surface area contributed by atoms with Crippen LogP contribution in [0, 0.1) is 5.92 Å². The summed E-state index contributed by atoms with van der Waals surface area (Å²) < 4.78 is 0. The minimum Gasteiger partial charge on any atom is -0.306 e. The molecule has 1 aromatic rings. The molecule has 0 spiro atoms. The third kappa shape index (κ3) is 4.58. The van der Waals surface area contributed by atoms with Gasteiger partial charge in [0, 0.05) is 25.1 Å². The number of hydrogen-bond donors (Lipinski definition) is 0. The van der Waals surface area contributed by atoms with Gasteiger partial charge < -0.3 is 4.90 Å². The van der Waals surface area contributed by atoms with Crippen LogP contribution in [0.4, 0.5) is 0 Å². The van der Waals surface area contributed by atoms with E-state index < -0.39 is 0 Å². The number of benzene rings is 1. The van der Waals surface area contributed by atoms with Crippen LogP contribution in [-0.2, 0) is 0 Å². The van der Waals surface area contributed by atoms with Crippen molar-refractivity contribution in [1.82, 2.24) is 4.90 Å². The highest BCUT2D eigenvalue weighted by atomic mass is 16.1. The molecule has 2 heteroatoms. The Balaban J connectivity index is 2.36. The summed E-state index contributed by atoms with van der Waals surface area (Å²) in [5.74, 6) is 0.882. The van der Waals surface area contributed by atoms with Crippen molar-refractivity contribution < 1.29 is 4.79 Å². The van der Waals surface area contributed by atoms with Crippen molar-refractivity contribution in [2.45, 2.75) is 20.3 Å². The fourth-order valence-electron chi connectivity index (χ4n) is 1.78. The molecular formula is C14H21NO. The molecule has 0 unspecified atom stereocenters. The van der Waals surface area contributed by atoms with E-state index in [2.05, 4.69) is 25.8 Å². The smallest absolute Gasteiger partial charge is 0.164 e. The molecule has 0 fully saturated rings. The zero-order chi connectivity index (χ0) is 12.0. The molecule has 0 aliphatic carbocycles. The molecular weight excluding hydrogens is 198 g/mol. The van der Waals surface area contributed by atoms with Gasteiger partial charge in [0.1, 0.15) is 0 Å². The van der Waals surface area contributed by atoms with Gasteiger partial charge in [0.25, 0.3) is 0 Å². The summed E-state index contributed by atoms with van der Waals surface area (Å²) >= 11 is 0. The molecule has 0 atom stereocenters. The van der Waals surface area contributed by atoms with Gasteiger partial charge in [-0.05, 0) is 13.0 Å². The monoisotopic (exact) mass is 219 g/mol. The van der Waals surface area contributed by atoms with Crippen LogP contribution in [0.1, 0.15) is 30.6 Å². The molecule has 0 aromatic heterocycles. The highest BCUT2D eigenvalue weighted by Gasteiger charge is 2.07. The first-order valence-corrected chi connectivity index (χ1v) is 5.86. The van der Waals surface area contributed by atoms with Gasteiger partial charge in [0.2, 0.25) is 0 Å². The van der Waals surface area contributed by atoms with Gasteiger partial charge >= 0.3 is 0 Å². The zero-order valence-corrected chi connectivity index (χ0v) is 10.4. The normalized spacial score (nSPS) is 11.1.